The van der Waals surface area contributed by atoms with Gasteiger partial charge >= 0.3 is 0 Å². The summed E-state index contributed by atoms with van der Waals surface area (Å²) < 4.78 is 0. The van der Waals surface area contributed by atoms with E-state index in [1.807, 2.05) is 24.3 Å². The quantitative estimate of drug-likeness (QED) is 0.882. The van der Waals surface area contributed by atoms with Gasteiger partial charge in [0.2, 0.25) is 0 Å². The van der Waals surface area contributed by atoms with Gasteiger partial charge in [-0.1, -0.05) is 48.0 Å². The summed E-state index contributed by atoms with van der Waals surface area (Å²) >= 11 is 6.21. The number of nitrogens with zero attached hydrogens (tertiary/aromatic N) is 3. The van der Waals surface area contributed by atoms with Crippen LogP contribution in [0.15, 0.2) is 59.6 Å². The maximum Gasteiger partial charge on any atom is 0.136 e. The third kappa shape index (κ3) is 4.08. The van der Waals surface area contributed by atoms with Crippen LogP contribution in [0.1, 0.15) is 11.1 Å². The molecule has 0 atom stereocenters. The molecule has 1 fully saturated rings. The average molecular weight is 382 g/mol. The van der Waals surface area contributed by atoms with Gasteiger partial charge in [0.1, 0.15) is 5.84 Å². The fourth-order valence-electron chi connectivity index (χ4n) is 3.73. The number of fused-ring (bicyclic) bond motifs is 1. The van der Waals surface area contributed by atoms with Crippen LogP contribution in [0.4, 0.5) is 5.69 Å². The van der Waals surface area contributed by atoms with Crippen molar-refractivity contribution in [2.24, 2.45) is 4.99 Å². The Bertz CT molecular complexity index is 855. The van der Waals surface area contributed by atoms with Gasteiger partial charge in [0.15, 0.2) is 0 Å². The molecule has 0 aromatic heterocycles. The number of benzene rings is 2. The van der Waals surface area contributed by atoms with Crippen molar-refractivity contribution in [2.75, 3.05) is 39.3 Å². The lowest BCUT2D eigenvalue weighted by atomic mass is 10.0. The molecule has 140 valence electrons. The molecule has 4 rings (SSSR count). The first-order valence-electron chi connectivity index (χ1n) is 9.46. The fraction of sp³-hybridized carbons (Fsp3) is 0.318. The SMILES string of the molecule is OCCN1CCN(C2=Nc3ccc(Cl)cc3CC=C2c2ccccc2)CC1. The average Bonchev–Trinajstić information content (AvgIpc) is 2.89. The first-order valence-corrected chi connectivity index (χ1v) is 9.83. The predicted octanol–water partition coefficient (Wildman–Crippen LogP) is 3.62. The van der Waals surface area contributed by atoms with Crippen molar-refractivity contribution in [3.8, 4) is 0 Å². The molecule has 1 saturated heterocycles. The third-order valence-corrected chi connectivity index (χ3v) is 5.44. The van der Waals surface area contributed by atoms with Crippen molar-refractivity contribution in [1.82, 2.24) is 9.80 Å². The number of rotatable bonds is 3. The van der Waals surface area contributed by atoms with E-state index in [9.17, 15) is 5.11 Å². The highest BCUT2D eigenvalue weighted by Crippen LogP contribution is 2.31. The minimum absolute atomic E-state index is 0.213. The summed E-state index contributed by atoms with van der Waals surface area (Å²) in [6, 6.07) is 16.4. The van der Waals surface area contributed by atoms with E-state index in [4.69, 9.17) is 16.6 Å². The van der Waals surface area contributed by atoms with Crippen LogP contribution >= 0.6 is 11.6 Å². The topological polar surface area (TPSA) is 39.1 Å². The molecule has 0 radical (unpaired) electrons. The zero-order valence-corrected chi connectivity index (χ0v) is 16.1. The summed E-state index contributed by atoms with van der Waals surface area (Å²) in [5.74, 6) is 1.03. The lowest BCUT2D eigenvalue weighted by Crippen LogP contribution is -2.49. The lowest BCUT2D eigenvalue weighted by molar-refractivity contribution is 0.148. The number of β-amino-alcohol motifs (C(OH)–C–C–N with tert-alkyl or cyclic N) is 1. The number of aliphatic imine (C=N–C) groups is 1. The Morgan fingerprint density at radius 1 is 1.00 bits per heavy atom. The molecular weight excluding hydrogens is 358 g/mol. The van der Waals surface area contributed by atoms with E-state index in [1.54, 1.807) is 0 Å². The van der Waals surface area contributed by atoms with Crippen LogP contribution in [0.3, 0.4) is 0 Å². The van der Waals surface area contributed by atoms with E-state index in [0.717, 1.165) is 61.3 Å². The van der Waals surface area contributed by atoms with Crippen molar-refractivity contribution in [3.63, 3.8) is 0 Å². The highest BCUT2D eigenvalue weighted by atomic mass is 35.5. The van der Waals surface area contributed by atoms with Gasteiger partial charge in [-0.3, -0.25) is 4.90 Å². The number of aliphatic hydroxyl groups is 1. The predicted molar refractivity (Wildman–Crippen MR) is 112 cm³/mol. The number of halogens is 1. The number of hydrogen-bond acceptors (Lipinski definition) is 4. The molecule has 0 saturated carbocycles. The molecule has 0 unspecified atom stereocenters. The molecular formula is C22H24ClN3O. The second kappa shape index (κ2) is 8.26. The second-order valence-corrected chi connectivity index (χ2v) is 7.39. The smallest absolute Gasteiger partial charge is 0.136 e. The summed E-state index contributed by atoms with van der Waals surface area (Å²) in [6.45, 7) is 4.65. The molecule has 2 heterocycles. The zero-order valence-electron chi connectivity index (χ0n) is 15.3. The van der Waals surface area contributed by atoms with Crippen molar-refractivity contribution in [2.45, 2.75) is 6.42 Å². The Balaban J connectivity index is 1.70. The Labute approximate surface area is 165 Å². The molecule has 2 aromatic carbocycles. The highest BCUT2D eigenvalue weighted by Gasteiger charge is 2.24. The number of piperazine rings is 1. The van der Waals surface area contributed by atoms with E-state index < -0.39 is 0 Å². The van der Waals surface area contributed by atoms with E-state index in [-0.39, 0.29) is 6.61 Å². The minimum atomic E-state index is 0.213. The van der Waals surface area contributed by atoms with Crippen molar-refractivity contribution in [1.29, 1.82) is 0 Å². The molecule has 5 heteroatoms. The molecule has 27 heavy (non-hydrogen) atoms. The van der Waals surface area contributed by atoms with Gasteiger partial charge in [-0.05, 0) is 35.7 Å². The number of allylic oxidation sites excluding steroid dienone is 1. The first-order chi connectivity index (χ1) is 13.2. The lowest BCUT2D eigenvalue weighted by Gasteiger charge is -2.36. The van der Waals surface area contributed by atoms with Gasteiger partial charge in [0, 0.05) is 43.3 Å². The van der Waals surface area contributed by atoms with Crippen LogP contribution in [0, 0.1) is 0 Å². The summed E-state index contributed by atoms with van der Waals surface area (Å²) in [5.41, 5.74) is 4.52. The molecule has 0 spiro atoms. The first kappa shape index (κ1) is 18.2. The molecule has 0 bridgehead atoms. The van der Waals surface area contributed by atoms with Gasteiger partial charge in [-0.25, -0.2) is 4.99 Å². The maximum absolute atomic E-state index is 9.19. The number of aliphatic hydroxyl groups excluding tert-OH is 1. The van der Waals surface area contributed by atoms with E-state index in [1.165, 1.54) is 11.1 Å². The molecule has 0 amide bonds. The van der Waals surface area contributed by atoms with Crippen LogP contribution in [0.25, 0.3) is 5.57 Å². The van der Waals surface area contributed by atoms with Gasteiger partial charge in [-0.2, -0.15) is 0 Å². The van der Waals surface area contributed by atoms with Crippen LogP contribution in [0.5, 0.6) is 0 Å². The molecule has 0 aliphatic carbocycles. The second-order valence-electron chi connectivity index (χ2n) is 6.95. The van der Waals surface area contributed by atoms with Crippen LogP contribution in [-0.2, 0) is 6.42 Å². The van der Waals surface area contributed by atoms with Crippen LogP contribution in [0.2, 0.25) is 5.02 Å². The van der Waals surface area contributed by atoms with E-state index >= 15 is 0 Å². The van der Waals surface area contributed by atoms with Gasteiger partial charge in [0.05, 0.1) is 12.3 Å². The zero-order chi connectivity index (χ0) is 18.6. The Kier molecular flexibility index (Phi) is 5.58. The van der Waals surface area contributed by atoms with Gasteiger partial charge in [-0.15, -0.1) is 0 Å². The van der Waals surface area contributed by atoms with Crippen LogP contribution < -0.4 is 0 Å². The number of amidine groups is 1. The molecule has 2 aliphatic heterocycles. The Hall–Kier alpha value is -2.14. The number of hydrogen-bond donors (Lipinski definition) is 1. The maximum atomic E-state index is 9.19. The summed E-state index contributed by atoms with van der Waals surface area (Å²) in [5, 5.41) is 9.94. The fourth-order valence-corrected chi connectivity index (χ4v) is 3.93. The van der Waals surface area contributed by atoms with Gasteiger partial charge in [0.25, 0.3) is 0 Å². The van der Waals surface area contributed by atoms with Crippen molar-refractivity contribution >= 4 is 28.7 Å². The third-order valence-electron chi connectivity index (χ3n) is 5.21. The summed E-state index contributed by atoms with van der Waals surface area (Å²) in [7, 11) is 0. The monoisotopic (exact) mass is 381 g/mol. The van der Waals surface area contributed by atoms with Crippen molar-refractivity contribution < 1.29 is 5.11 Å². The summed E-state index contributed by atoms with van der Waals surface area (Å²) in [4.78, 5) is 9.75. The van der Waals surface area contributed by atoms with Crippen molar-refractivity contribution in [3.05, 3.63) is 70.8 Å². The highest BCUT2D eigenvalue weighted by molar-refractivity contribution is 6.30. The Morgan fingerprint density at radius 3 is 2.52 bits per heavy atom. The van der Waals surface area contributed by atoms with Crippen LogP contribution in [-0.4, -0.2) is 60.1 Å². The minimum Gasteiger partial charge on any atom is -0.395 e. The normalized spacial score (nSPS) is 17.8. The largest absolute Gasteiger partial charge is 0.395 e. The molecule has 2 aliphatic rings. The van der Waals surface area contributed by atoms with E-state index in [0.29, 0.717) is 0 Å². The van der Waals surface area contributed by atoms with Gasteiger partial charge < -0.3 is 10.0 Å². The summed E-state index contributed by atoms with van der Waals surface area (Å²) in [6.07, 6.45) is 3.09. The van der Waals surface area contributed by atoms with E-state index in [2.05, 4.69) is 40.1 Å². The standard InChI is InChI=1S/C22H24ClN3O/c23-19-7-9-21-18(16-19)6-8-20(17-4-2-1-3-5-17)22(24-21)26-12-10-25(11-13-26)14-15-27/h1-5,7-9,16,27H,6,10-15H2. The molecule has 4 nitrogen and oxygen atoms in total. The molecule has 2 aromatic rings. The molecule has 1 N–H and O–H groups in total. The Morgan fingerprint density at radius 2 is 1.78 bits per heavy atom.